The van der Waals surface area contributed by atoms with Crippen molar-refractivity contribution in [3.05, 3.63) is 30.1 Å². The summed E-state index contributed by atoms with van der Waals surface area (Å²) < 4.78 is 12.8. The van der Waals surface area contributed by atoms with Crippen LogP contribution in [0.2, 0.25) is 0 Å². The van der Waals surface area contributed by atoms with Crippen LogP contribution in [0.15, 0.2) is 24.3 Å². The number of piperidine rings is 1. The van der Waals surface area contributed by atoms with Crippen molar-refractivity contribution < 1.29 is 14.0 Å². The maximum Gasteiger partial charge on any atom is 0.234 e. The lowest BCUT2D eigenvalue weighted by molar-refractivity contribution is -0.121. The SMILES string of the molecule is CC(SCC(=O)Nc1ccc(F)cc1)C(=O)NC1CC2CCC(C1)N2. The van der Waals surface area contributed by atoms with Crippen LogP contribution in [0.25, 0.3) is 0 Å². The van der Waals surface area contributed by atoms with Gasteiger partial charge < -0.3 is 16.0 Å². The molecule has 0 spiro atoms. The van der Waals surface area contributed by atoms with Crippen molar-refractivity contribution in [2.75, 3.05) is 11.1 Å². The first-order valence-corrected chi connectivity index (χ1v) is 9.78. The first-order valence-electron chi connectivity index (χ1n) is 8.73. The van der Waals surface area contributed by atoms with E-state index in [2.05, 4.69) is 16.0 Å². The molecule has 3 rings (SSSR count). The van der Waals surface area contributed by atoms with Gasteiger partial charge in [0.2, 0.25) is 11.8 Å². The molecule has 0 radical (unpaired) electrons. The Hall–Kier alpha value is -1.60. The number of fused-ring (bicyclic) bond motifs is 2. The van der Waals surface area contributed by atoms with E-state index in [1.165, 1.54) is 48.9 Å². The van der Waals surface area contributed by atoms with Gasteiger partial charge in [-0.1, -0.05) is 0 Å². The average Bonchev–Trinajstić information content (AvgIpc) is 2.93. The molecule has 0 aliphatic carbocycles. The van der Waals surface area contributed by atoms with E-state index in [0.717, 1.165) is 12.8 Å². The standard InChI is InChI=1S/C18H24FN3O2S/c1-11(18(24)22-16-8-14-6-7-15(9-16)20-14)25-10-17(23)21-13-4-2-12(19)3-5-13/h2-5,11,14-16,20H,6-10H2,1H3,(H,21,23)(H,22,24). The number of carbonyl (C=O) groups is 2. The van der Waals surface area contributed by atoms with Gasteiger partial charge in [0.1, 0.15) is 5.82 Å². The van der Waals surface area contributed by atoms with E-state index < -0.39 is 0 Å². The highest BCUT2D eigenvalue weighted by molar-refractivity contribution is 8.01. The zero-order valence-corrected chi connectivity index (χ0v) is 15.1. The predicted octanol–water partition coefficient (Wildman–Crippen LogP) is 2.29. The van der Waals surface area contributed by atoms with Crippen LogP contribution in [0.5, 0.6) is 0 Å². The number of amides is 2. The molecule has 5 nitrogen and oxygen atoms in total. The van der Waals surface area contributed by atoms with Gasteiger partial charge in [-0.3, -0.25) is 9.59 Å². The molecule has 3 N–H and O–H groups in total. The van der Waals surface area contributed by atoms with Crippen LogP contribution in [0.4, 0.5) is 10.1 Å². The molecular weight excluding hydrogens is 341 g/mol. The molecule has 2 amide bonds. The molecule has 2 heterocycles. The second-order valence-corrected chi connectivity index (χ2v) is 8.15. The van der Waals surface area contributed by atoms with Crippen LogP contribution in [-0.4, -0.2) is 40.9 Å². The fourth-order valence-corrected chi connectivity index (χ4v) is 4.19. The molecule has 3 atom stereocenters. The number of anilines is 1. The third-order valence-corrected chi connectivity index (χ3v) is 5.92. The van der Waals surface area contributed by atoms with Crippen molar-refractivity contribution in [3.63, 3.8) is 0 Å². The summed E-state index contributed by atoms with van der Waals surface area (Å²) in [6, 6.07) is 6.93. The zero-order valence-electron chi connectivity index (χ0n) is 14.3. The van der Waals surface area contributed by atoms with Crippen LogP contribution < -0.4 is 16.0 Å². The first kappa shape index (κ1) is 18.2. The van der Waals surface area contributed by atoms with Crippen molar-refractivity contribution in [3.8, 4) is 0 Å². The third-order valence-electron chi connectivity index (χ3n) is 4.78. The van der Waals surface area contributed by atoms with Gasteiger partial charge in [0.05, 0.1) is 11.0 Å². The van der Waals surface area contributed by atoms with Gasteiger partial charge in [0.15, 0.2) is 0 Å². The van der Waals surface area contributed by atoms with E-state index >= 15 is 0 Å². The number of hydrogen-bond donors (Lipinski definition) is 3. The lowest BCUT2D eigenvalue weighted by Gasteiger charge is -2.30. The van der Waals surface area contributed by atoms with Crippen LogP contribution >= 0.6 is 11.8 Å². The van der Waals surface area contributed by atoms with E-state index in [0.29, 0.717) is 17.8 Å². The van der Waals surface area contributed by atoms with Crippen LogP contribution in [0.1, 0.15) is 32.6 Å². The molecule has 2 bridgehead atoms. The smallest absolute Gasteiger partial charge is 0.234 e. The van der Waals surface area contributed by atoms with Gasteiger partial charge >= 0.3 is 0 Å². The van der Waals surface area contributed by atoms with Crippen molar-refractivity contribution in [2.24, 2.45) is 0 Å². The molecule has 2 fully saturated rings. The Morgan fingerprint density at radius 2 is 1.88 bits per heavy atom. The number of nitrogens with one attached hydrogen (secondary N) is 3. The highest BCUT2D eigenvalue weighted by Crippen LogP contribution is 2.27. The number of rotatable bonds is 6. The Morgan fingerprint density at radius 1 is 1.24 bits per heavy atom. The lowest BCUT2D eigenvalue weighted by atomic mass is 10.00. The van der Waals surface area contributed by atoms with Crippen LogP contribution in [0, 0.1) is 5.82 Å². The summed E-state index contributed by atoms with van der Waals surface area (Å²) in [7, 11) is 0. The van der Waals surface area contributed by atoms with Gasteiger partial charge in [-0.15, -0.1) is 11.8 Å². The fourth-order valence-electron chi connectivity index (χ4n) is 3.50. The van der Waals surface area contributed by atoms with Crippen molar-refractivity contribution in [1.82, 2.24) is 10.6 Å². The molecular formula is C18H24FN3O2S. The fraction of sp³-hybridized carbons (Fsp3) is 0.556. The Labute approximate surface area is 151 Å². The second-order valence-electron chi connectivity index (χ2n) is 6.82. The summed E-state index contributed by atoms with van der Waals surface area (Å²) in [5, 5.41) is 9.10. The number of carbonyl (C=O) groups excluding carboxylic acids is 2. The number of thioether (sulfide) groups is 1. The Bertz CT molecular complexity index is 613. The van der Waals surface area contributed by atoms with E-state index in [4.69, 9.17) is 0 Å². The minimum absolute atomic E-state index is 0.00844. The monoisotopic (exact) mass is 365 g/mol. The highest BCUT2D eigenvalue weighted by atomic mass is 32.2. The maximum atomic E-state index is 12.8. The van der Waals surface area contributed by atoms with E-state index in [1.54, 1.807) is 0 Å². The summed E-state index contributed by atoms with van der Waals surface area (Å²) in [5.41, 5.74) is 0.550. The molecule has 2 aliphatic rings. The van der Waals surface area contributed by atoms with Crippen LogP contribution in [0.3, 0.4) is 0 Å². The maximum absolute atomic E-state index is 12.8. The predicted molar refractivity (Wildman–Crippen MR) is 98.1 cm³/mol. The molecule has 25 heavy (non-hydrogen) atoms. The summed E-state index contributed by atoms with van der Waals surface area (Å²) >= 11 is 1.31. The van der Waals surface area contributed by atoms with Gasteiger partial charge in [-0.05, 0) is 56.9 Å². The van der Waals surface area contributed by atoms with E-state index in [-0.39, 0.29) is 34.7 Å². The third kappa shape index (κ3) is 5.19. The van der Waals surface area contributed by atoms with Gasteiger partial charge in [0, 0.05) is 23.8 Å². The molecule has 3 unspecified atom stereocenters. The Balaban J connectivity index is 1.39. The summed E-state index contributed by atoms with van der Waals surface area (Å²) in [6.45, 7) is 1.82. The largest absolute Gasteiger partial charge is 0.352 e. The highest BCUT2D eigenvalue weighted by Gasteiger charge is 2.34. The normalized spacial score (nSPS) is 26.1. The number of halogens is 1. The zero-order chi connectivity index (χ0) is 17.8. The summed E-state index contributed by atoms with van der Waals surface area (Å²) in [6.07, 6.45) is 4.38. The molecule has 7 heteroatoms. The number of benzene rings is 1. The Kier molecular flexibility index (Phi) is 5.96. The van der Waals surface area contributed by atoms with Crippen molar-refractivity contribution >= 4 is 29.3 Å². The molecule has 2 aliphatic heterocycles. The number of hydrogen-bond acceptors (Lipinski definition) is 4. The quantitative estimate of drug-likeness (QED) is 0.723. The van der Waals surface area contributed by atoms with Gasteiger partial charge in [-0.2, -0.15) is 0 Å². The first-order chi connectivity index (χ1) is 12.0. The molecule has 0 saturated carbocycles. The average molecular weight is 365 g/mol. The second kappa shape index (κ2) is 8.19. The topological polar surface area (TPSA) is 70.2 Å². The van der Waals surface area contributed by atoms with Crippen LogP contribution in [-0.2, 0) is 9.59 Å². The summed E-state index contributed by atoms with van der Waals surface area (Å²) in [4.78, 5) is 24.3. The van der Waals surface area contributed by atoms with E-state index in [9.17, 15) is 14.0 Å². The lowest BCUT2D eigenvalue weighted by Crippen LogP contribution is -2.49. The minimum Gasteiger partial charge on any atom is -0.352 e. The van der Waals surface area contributed by atoms with Crippen molar-refractivity contribution in [2.45, 2.75) is 56.0 Å². The summed E-state index contributed by atoms with van der Waals surface area (Å²) in [5.74, 6) is -0.366. The van der Waals surface area contributed by atoms with Gasteiger partial charge in [-0.25, -0.2) is 4.39 Å². The molecule has 136 valence electrons. The molecule has 2 saturated heterocycles. The molecule has 1 aromatic rings. The Morgan fingerprint density at radius 3 is 2.52 bits per heavy atom. The molecule has 0 aromatic heterocycles. The van der Waals surface area contributed by atoms with Crippen molar-refractivity contribution in [1.29, 1.82) is 0 Å². The van der Waals surface area contributed by atoms with Gasteiger partial charge in [0.25, 0.3) is 0 Å². The molecule has 1 aromatic carbocycles. The minimum atomic E-state index is -0.344. The van der Waals surface area contributed by atoms with E-state index in [1.807, 2.05) is 6.92 Å².